The van der Waals surface area contributed by atoms with E-state index in [1.165, 1.54) is 6.92 Å². The van der Waals surface area contributed by atoms with Crippen LogP contribution in [-0.2, 0) is 47.6 Å². The first kappa shape index (κ1) is 49.4. The molecule has 0 aromatic heterocycles. The summed E-state index contributed by atoms with van der Waals surface area (Å²) in [6, 6.07) is 0. The maximum atomic E-state index is 15.0. The first-order chi connectivity index (χ1) is 29.8. The van der Waals surface area contributed by atoms with Crippen LogP contribution < -0.4 is 0 Å². The molecule has 2 heterocycles. The van der Waals surface area contributed by atoms with Gasteiger partial charge in [-0.3, -0.25) is 9.59 Å². The second-order valence-corrected chi connectivity index (χ2v) is 22.2. The number of hydrogen-bond acceptors (Lipinski definition) is 15. The lowest BCUT2D eigenvalue weighted by atomic mass is 9.33. The third kappa shape index (κ3) is 7.79. The Kier molecular flexibility index (Phi) is 13.5. The van der Waals surface area contributed by atoms with E-state index in [-0.39, 0.29) is 47.6 Å². The van der Waals surface area contributed by atoms with Crippen LogP contribution in [0.1, 0.15) is 133 Å². The first-order valence-electron chi connectivity index (χ1n) is 23.7. The van der Waals surface area contributed by atoms with Crippen molar-refractivity contribution < 1.29 is 78.2 Å². The van der Waals surface area contributed by atoms with Crippen molar-refractivity contribution in [2.45, 2.75) is 200 Å². The first-order valence-corrected chi connectivity index (χ1v) is 23.7. The van der Waals surface area contributed by atoms with Crippen LogP contribution in [0.3, 0.4) is 0 Å². The van der Waals surface area contributed by atoms with Crippen molar-refractivity contribution in [3.8, 4) is 0 Å². The number of aliphatic carboxylic acids is 1. The van der Waals surface area contributed by atoms with Crippen molar-refractivity contribution in [3.63, 3.8) is 0 Å². The third-order valence-electron chi connectivity index (χ3n) is 18.2. The Morgan fingerprint density at radius 1 is 0.734 bits per heavy atom. The average molecular weight is 907 g/mol. The Morgan fingerprint density at radius 2 is 1.36 bits per heavy atom. The van der Waals surface area contributed by atoms with Crippen LogP contribution in [0, 0.1) is 50.2 Å². The summed E-state index contributed by atoms with van der Waals surface area (Å²) in [5, 5.41) is 65.6. The van der Waals surface area contributed by atoms with E-state index in [4.69, 9.17) is 28.4 Å². The molecule has 6 fully saturated rings. The summed E-state index contributed by atoms with van der Waals surface area (Å²) in [6.45, 7) is 18.6. The zero-order valence-corrected chi connectivity index (χ0v) is 39.1. The molecule has 16 heteroatoms. The van der Waals surface area contributed by atoms with Gasteiger partial charge in [-0.05, 0) is 123 Å². The molecule has 0 radical (unpaired) electrons. The molecule has 16 nitrogen and oxygen atoms in total. The number of carbonyl (C=O) groups excluding carboxylic acids is 3. The van der Waals surface area contributed by atoms with Crippen molar-refractivity contribution in [1.29, 1.82) is 0 Å². The molecule has 0 amide bonds. The minimum Gasteiger partial charge on any atom is -0.481 e. The number of carboxylic acid groups (broad SMARTS) is 1. The monoisotopic (exact) mass is 906 g/mol. The highest BCUT2D eigenvalue weighted by Gasteiger charge is 2.71. The number of allylic oxidation sites excluding steroid dienone is 2. The minimum absolute atomic E-state index is 0.00860. The molecule has 64 heavy (non-hydrogen) atoms. The molecule has 0 unspecified atom stereocenters. The zero-order valence-electron chi connectivity index (χ0n) is 39.1. The molecule has 0 aromatic carbocycles. The van der Waals surface area contributed by atoms with Gasteiger partial charge in [-0.1, -0.05) is 60.5 Å². The van der Waals surface area contributed by atoms with Crippen LogP contribution in [-0.4, -0.2) is 135 Å². The van der Waals surface area contributed by atoms with E-state index in [0.717, 1.165) is 44.1 Å². The van der Waals surface area contributed by atoms with Crippen LogP contribution in [0.2, 0.25) is 0 Å². The molecule has 19 atom stereocenters. The van der Waals surface area contributed by atoms with Gasteiger partial charge in [0.25, 0.3) is 0 Å². The number of rotatable bonds is 11. The molecule has 2 aliphatic heterocycles. The summed E-state index contributed by atoms with van der Waals surface area (Å²) < 4.78 is 35.1. The largest absolute Gasteiger partial charge is 0.481 e. The molecular formula is C48H74O16. The highest BCUT2D eigenvalue weighted by atomic mass is 16.8. The molecule has 7 aliphatic rings. The van der Waals surface area contributed by atoms with E-state index in [0.29, 0.717) is 32.1 Å². The zero-order chi connectivity index (χ0) is 47.1. The van der Waals surface area contributed by atoms with Gasteiger partial charge in [0.2, 0.25) is 0 Å². The second-order valence-electron chi connectivity index (χ2n) is 22.2. The van der Waals surface area contributed by atoms with Gasteiger partial charge in [0.1, 0.15) is 36.6 Å². The van der Waals surface area contributed by atoms with Crippen LogP contribution in [0.5, 0.6) is 0 Å². The number of carbonyl (C=O) groups is 4. The van der Waals surface area contributed by atoms with Gasteiger partial charge in [-0.25, -0.2) is 9.59 Å². The van der Waals surface area contributed by atoms with Crippen molar-refractivity contribution in [1.82, 2.24) is 0 Å². The highest BCUT2D eigenvalue weighted by Crippen LogP contribution is 2.75. The average Bonchev–Trinajstić information content (AvgIpc) is 3.22. The Balaban J connectivity index is 1.18. The van der Waals surface area contributed by atoms with E-state index < -0.39 is 107 Å². The van der Waals surface area contributed by atoms with Gasteiger partial charge >= 0.3 is 17.9 Å². The van der Waals surface area contributed by atoms with Gasteiger partial charge in [0, 0.05) is 5.92 Å². The van der Waals surface area contributed by atoms with Crippen LogP contribution in [0.15, 0.2) is 11.6 Å². The lowest BCUT2D eigenvalue weighted by molar-refractivity contribution is -0.371. The van der Waals surface area contributed by atoms with E-state index >= 15 is 0 Å². The molecular weight excluding hydrogens is 833 g/mol. The number of unbranched alkanes of at least 4 members (excludes halogenated alkanes) is 1. The third-order valence-corrected chi connectivity index (χ3v) is 18.2. The molecule has 7 rings (SSSR count). The van der Waals surface area contributed by atoms with E-state index in [2.05, 4.69) is 41.5 Å². The van der Waals surface area contributed by atoms with Gasteiger partial charge in [-0.15, -0.1) is 0 Å². The Bertz CT molecular complexity index is 1830. The standard InChI is InChI=1S/C48H74O16/c1-10-12-21-60-39(56)35-31(52)32(53)36(64-40-33(54)29(50)30(51)34(62-40)38(55)59-11-2)41(63-35)61-28-14-15-46(7)27(43(28,3)4)13-16-48(9)37(46)26(49)22-24-25-23-45(6,42(57)58)18-17-44(25,5)19-20-47(24,48)8/h22,25,27-37,40-41,50-54H,10-21,23H2,1-9H3,(H,57,58)/t25-,27-,28-,29-,30-,31-,32-,33+,34-,35-,36+,37+,40-,41+,44+,45-,46-,47-,48+/m0/s1. The summed E-state index contributed by atoms with van der Waals surface area (Å²) in [5.41, 5.74) is -1.67. The normalized spacial score (nSPS) is 48.7. The number of ketones is 1. The van der Waals surface area contributed by atoms with Crippen LogP contribution in [0.4, 0.5) is 0 Å². The topological polar surface area (TPSA) is 245 Å². The minimum atomic E-state index is -1.94. The summed E-state index contributed by atoms with van der Waals surface area (Å²) in [4.78, 5) is 53.6. The summed E-state index contributed by atoms with van der Waals surface area (Å²) in [5.74, 6) is -3.04. The number of hydrogen-bond donors (Lipinski definition) is 6. The number of ether oxygens (including phenoxy) is 6. The SMILES string of the molecule is CCCCOC(=O)[C@H]1O[C@@H](O[C@H]2CC[C@]3(C)[C@H]4C(=O)C=C5[C@@H]6C[C@@](C)(C(=O)O)CC[C@]6(C)CC[C@]5(C)[C@]4(C)CC[C@H]3C2(C)C)[C@H](O[C@@H]2O[C@H](C(=O)OCC)[C@@H](O)[C@H](O)[C@H]2O)[C@@H](O)[C@@H]1O. The molecule has 2 saturated heterocycles. The summed E-state index contributed by atoms with van der Waals surface area (Å²) in [6.07, 6.45) is -9.21. The Hall–Kier alpha value is -2.54. The van der Waals surface area contributed by atoms with E-state index in [9.17, 15) is 49.8 Å². The predicted molar refractivity (Wildman–Crippen MR) is 227 cm³/mol. The van der Waals surface area contributed by atoms with Crippen molar-refractivity contribution in [3.05, 3.63) is 11.6 Å². The molecule has 0 bridgehead atoms. The number of aliphatic hydroxyl groups excluding tert-OH is 5. The van der Waals surface area contributed by atoms with Gasteiger partial charge in [0.05, 0.1) is 24.7 Å². The molecule has 6 N–H and O–H groups in total. The quantitative estimate of drug-likeness (QED) is 0.0976. The van der Waals surface area contributed by atoms with Gasteiger partial charge in [0.15, 0.2) is 30.6 Å². The van der Waals surface area contributed by atoms with Crippen molar-refractivity contribution in [2.24, 2.45) is 50.2 Å². The predicted octanol–water partition coefficient (Wildman–Crippen LogP) is 3.98. The Morgan fingerprint density at radius 3 is 2.00 bits per heavy atom. The molecule has 0 aromatic rings. The van der Waals surface area contributed by atoms with Crippen LogP contribution >= 0.6 is 0 Å². The molecule has 0 spiro atoms. The molecule has 362 valence electrons. The van der Waals surface area contributed by atoms with Crippen molar-refractivity contribution in [2.75, 3.05) is 13.2 Å². The lowest BCUT2D eigenvalue weighted by Gasteiger charge is -2.70. The van der Waals surface area contributed by atoms with Crippen LogP contribution in [0.25, 0.3) is 0 Å². The van der Waals surface area contributed by atoms with Crippen molar-refractivity contribution >= 4 is 23.7 Å². The summed E-state index contributed by atoms with van der Waals surface area (Å²) in [7, 11) is 0. The summed E-state index contributed by atoms with van der Waals surface area (Å²) >= 11 is 0. The maximum absolute atomic E-state index is 15.0. The lowest BCUT2D eigenvalue weighted by Crippen LogP contribution is -2.68. The van der Waals surface area contributed by atoms with Gasteiger partial charge in [-0.2, -0.15) is 0 Å². The fraction of sp³-hybridized carbons (Fsp3) is 0.875. The fourth-order valence-corrected chi connectivity index (χ4v) is 14.0. The second kappa shape index (κ2) is 17.5. The van der Waals surface area contributed by atoms with E-state index in [1.54, 1.807) is 0 Å². The number of esters is 2. The number of aliphatic hydroxyl groups is 5. The number of carboxylic acids is 1. The Labute approximate surface area is 376 Å². The highest BCUT2D eigenvalue weighted by molar-refractivity contribution is 5.95. The number of fused-ring (bicyclic) bond motifs is 7. The fourth-order valence-electron chi connectivity index (χ4n) is 14.0. The smallest absolute Gasteiger partial charge is 0.338 e. The molecule has 4 saturated carbocycles. The maximum Gasteiger partial charge on any atom is 0.338 e. The molecule has 5 aliphatic carbocycles. The van der Waals surface area contributed by atoms with Gasteiger partial charge < -0.3 is 59.1 Å². The van der Waals surface area contributed by atoms with E-state index in [1.807, 2.05) is 19.9 Å².